The Balaban J connectivity index is 1.50. The van der Waals surface area contributed by atoms with Gasteiger partial charge in [0.1, 0.15) is 11.4 Å². The molecule has 6 nitrogen and oxygen atoms in total. The molecule has 2 fully saturated rings. The van der Waals surface area contributed by atoms with Gasteiger partial charge < -0.3 is 15.4 Å². The number of likely N-dealkylation sites (tertiary alicyclic amines) is 2. The summed E-state index contributed by atoms with van der Waals surface area (Å²) in [7, 11) is 0. The minimum atomic E-state index is -0.429. The molecule has 6 heteroatoms. The second-order valence-corrected chi connectivity index (χ2v) is 6.79. The Bertz CT molecular complexity index is 538. The van der Waals surface area contributed by atoms with Crippen LogP contribution in [0, 0.1) is 0 Å². The summed E-state index contributed by atoms with van der Waals surface area (Å²) in [6, 6.07) is 4.58. The predicted octanol–water partition coefficient (Wildman–Crippen LogP) is 1.47. The van der Waals surface area contributed by atoms with Gasteiger partial charge in [0.25, 0.3) is 0 Å². The lowest BCUT2D eigenvalue weighted by atomic mass is 9.85. The quantitative estimate of drug-likeness (QED) is 0.893. The molecule has 2 atom stereocenters. The molecule has 2 N–H and O–H groups in total. The number of pyridine rings is 1. The number of rotatable bonds is 2. The largest absolute Gasteiger partial charge is 0.444 e. The van der Waals surface area contributed by atoms with Crippen LogP contribution in [0.4, 0.5) is 10.6 Å². The number of nitrogen functional groups attached to an aromatic ring is 1. The zero-order valence-electron chi connectivity index (χ0n) is 12.7. The topological polar surface area (TPSA) is 71.7 Å². The van der Waals surface area contributed by atoms with E-state index in [0.717, 1.165) is 25.2 Å². The second kappa shape index (κ2) is 4.87. The molecule has 2 aliphatic heterocycles. The van der Waals surface area contributed by atoms with E-state index in [-0.39, 0.29) is 6.09 Å². The highest BCUT2D eigenvalue weighted by Crippen LogP contribution is 2.35. The lowest BCUT2D eigenvalue weighted by molar-refractivity contribution is -0.123. The first kappa shape index (κ1) is 14.1. The maximum atomic E-state index is 12.0. The molecule has 0 aliphatic carbocycles. The molecule has 3 heterocycles. The smallest absolute Gasteiger partial charge is 0.410 e. The summed E-state index contributed by atoms with van der Waals surface area (Å²) >= 11 is 0. The highest BCUT2D eigenvalue weighted by molar-refractivity contribution is 5.70. The van der Waals surface area contributed by atoms with Crippen LogP contribution < -0.4 is 5.73 Å². The van der Waals surface area contributed by atoms with Crippen molar-refractivity contribution in [1.29, 1.82) is 0 Å². The Morgan fingerprint density at radius 3 is 2.67 bits per heavy atom. The number of aromatic nitrogens is 1. The molecule has 2 aliphatic rings. The number of carbonyl (C=O) groups is 1. The van der Waals surface area contributed by atoms with Crippen molar-refractivity contribution >= 4 is 11.9 Å². The van der Waals surface area contributed by atoms with Crippen LogP contribution in [-0.4, -0.2) is 51.7 Å². The number of amides is 1. The Morgan fingerprint density at radius 1 is 1.38 bits per heavy atom. The third-order valence-electron chi connectivity index (χ3n) is 3.98. The normalized spacial score (nSPS) is 24.8. The number of fused-ring (bicyclic) bond motifs is 1. The number of nitrogens with zero attached hydrogens (tertiary/aromatic N) is 3. The molecule has 0 bridgehead atoms. The molecule has 2 saturated heterocycles. The van der Waals surface area contributed by atoms with E-state index < -0.39 is 5.60 Å². The zero-order valence-corrected chi connectivity index (χ0v) is 12.7. The molecule has 0 radical (unpaired) electrons. The summed E-state index contributed by atoms with van der Waals surface area (Å²) in [5.41, 5.74) is 6.31. The Morgan fingerprint density at radius 2 is 2.14 bits per heavy atom. The molecule has 0 saturated carbocycles. The van der Waals surface area contributed by atoms with Gasteiger partial charge in [-0.15, -0.1) is 0 Å². The minimum Gasteiger partial charge on any atom is -0.444 e. The van der Waals surface area contributed by atoms with Crippen molar-refractivity contribution in [2.45, 2.75) is 45.0 Å². The fraction of sp³-hybridized carbons (Fsp3) is 0.600. The highest BCUT2D eigenvalue weighted by Gasteiger charge is 2.54. The van der Waals surface area contributed by atoms with Gasteiger partial charge in [-0.1, -0.05) is 6.07 Å². The monoisotopic (exact) mass is 290 g/mol. The molecular weight excluding hydrogens is 268 g/mol. The van der Waals surface area contributed by atoms with Crippen molar-refractivity contribution in [3.63, 3.8) is 0 Å². The fourth-order valence-corrected chi connectivity index (χ4v) is 2.82. The first-order chi connectivity index (χ1) is 9.83. The summed E-state index contributed by atoms with van der Waals surface area (Å²) in [5.74, 6) is 0.542. The molecule has 3 rings (SSSR count). The van der Waals surface area contributed by atoms with Crippen molar-refractivity contribution in [1.82, 2.24) is 14.8 Å². The fourth-order valence-electron chi connectivity index (χ4n) is 2.82. The van der Waals surface area contributed by atoms with Gasteiger partial charge in [0, 0.05) is 31.9 Å². The molecule has 1 unspecified atom stereocenters. The van der Waals surface area contributed by atoms with Gasteiger partial charge in [0.05, 0.1) is 6.04 Å². The highest BCUT2D eigenvalue weighted by atomic mass is 16.6. The van der Waals surface area contributed by atoms with Crippen LogP contribution in [0.15, 0.2) is 18.3 Å². The van der Waals surface area contributed by atoms with E-state index in [2.05, 4.69) is 9.88 Å². The number of anilines is 1. The van der Waals surface area contributed by atoms with E-state index in [1.54, 1.807) is 0 Å². The van der Waals surface area contributed by atoms with Gasteiger partial charge >= 0.3 is 6.09 Å². The maximum Gasteiger partial charge on any atom is 0.410 e. The van der Waals surface area contributed by atoms with E-state index in [0.29, 0.717) is 17.9 Å². The molecular formula is C15H22N4O2. The molecule has 0 aromatic carbocycles. The third-order valence-corrected chi connectivity index (χ3v) is 3.98. The van der Waals surface area contributed by atoms with Crippen molar-refractivity contribution in [2.24, 2.45) is 0 Å². The summed E-state index contributed by atoms with van der Waals surface area (Å²) in [6.45, 7) is 8.18. The number of hydrogen-bond donors (Lipinski definition) is 1. The van der Waals surface area contributed by atoms with Crippen LogP contribution in [0.5, 0.6) is 0 Å². The number of carbonyl (C=O) groups excluding carboxylic acids is 1. The number of ether oxygens (including phenoxy) is 1. The van der Waals surface area contributed by atoms with Crippen LogP contribution in [0.2, 0.25) is 0 Å². The van der Waals surface area contributed by atoms with Gasteiger partial charge in [-0.3, -0.25) is 4.90 Å². The van der Waals surface area contributed by atoms with Gasteiger partial charge in [0.2, 0.25) is 0 Å². The van der Waals surface area contributed by atoms with Gasteiger partial charge in [0.15, 0.2) is 0 Å². The Labute approximate surface area is 124 Å². The summed E-state index contributed by atoms with van der Waals surface area (Å²) in [6.07, 6.45) is 1.62. The van der Waals surface area contributed by atoms with Crippen LogP contribution in [-0.2, 0) is 11.3 Å². The minimum absolute atomic E-state index is 0.197. The number of piperazine rings is 1. The molecule has 1 amide bonds. The molecule has 1 aromatic heterocycles. The summed E-state index contributed by atoms with van der Waals surface area (Å²) < 4.78 is 5.41. The maximum absolute atomic E-state index is 12.0. The van der Waals surface area contributed by atoms with Crippen LogP contribution in [0.25, 0.3) is 0 Å². The van der Waals surface area contributed by atoms with Gasteiger partial charge in [-0.2, -0.15) is 0 Å². The summed E-state index contributed by atoms with van der Waals surface area (Å²) in [4.78, 5) is 20.3. The van der Waals surface area contributed by atoms with Crippen LogP contribution in [0.1, 0.15) is 26.3 Å². The van der Waals surface area contributed by atoms with Crippen molar-refractivity contribution in [3.05, 3.63) is 23.9 Å². The van der Waals surface area contributed by atoms with E-state index in [9.17, 15) is 4.79 Å². The number of nitrogens with two attached hydrogens (primary N) is 1. The third kappa shape index (κ3) is 2.81. The second-order valence-electron chi connectivity index (χ2n) is 6.79. The van der Waals surface area contributed by atoms with Crippen molar-refractivity contribution < 1.29 is 9.53 Å². The van der Waals surface area contributed by atoms with Crippen LogP contribution in [0.3, 0.4) is 0 Å². The zero-order chi connectivity index (χ0) is 15.2. The van der Waals surface area contributed by atoms with E-state index in [1.165, 1.54) is 0 Å². The van der Waals surface area contributed by atoms with Crippen molar-refractivity contribution in [3.8, 4) is 0 Å². The van der Waals surface area contributed by atoms with Crippen LogP contribution >= 0.6 is 0 Å². The lowest BCUT2D eigenvalue weighted by Crippen LogP contribution is -2.79. The predicted molar refractivity (Wildman–Crippen MR) is 79.6 cm³/mol. The first-order valence-corrected chi connectivity index (χ1v) is 7.27. The SMILES string of the molecule is CC(C)(C)OC(=O)N1CC2[C@H]1CN2Cc1ccc(N)nc1. The van der Waals surface area contributed by atoms with Crippen molar-refractivity contribution in [2.75, 3.05) is 18.8 Å². The van der Waals surface area contributed by atoms with E-state index >= 15 is 0 Å². The van der Waals surface area contributed by atoms with E-state index in [4.69, 9.17) is 10.5 Å². The first-order valence-electron chi connectivity index (χ1n) is 7.27. The molecule has 0 spiro atoms. The van der Waals surface area contributed by atoms with Gasteiger partial charge in [-0.05, 0) is 32.4 Å². The Kier molecular flexibility index (Phi) is 3.28. The molecule has 21 heavy (non-hydrogen) atoms. The average Bonchev–Trinajstić information content (AvgIpc) is 2.35. The lowest BCUT2D eigenvalue weighted by Gasteiger charge is -2.61. The van der Waals surface area contributed by atoms with Gasteiger partial charge in [-0.25, -0.2) is 9.78 Å². The Hall–Kier alpha value is -1.82. The standard InChI is InChI=1S/C15H22N4O2/c1-15(2,3)21-14(20)19-9-11-12(19)8-18(11)7-10-4-5-13(16)17-6-10/h4-6,11-12H,7-9H2,1-3H3,(H2,16,17)/t11?,12-/m1/s1. The number of hydrogen-bond acceptors (Lipinski definition) is 5. The molecule has 114 valence electrons. The van der Waals surface area contributed by atoms with E-state index in [1.807, 2.05) is 44.0 Å². The summed E-state index contributed by atoms with van der Waals surface area (Å²) in [5, 5.41) is 0. The molecule has 1 aromatic rings. The average molecular weight is 290 g/mol.